The second-order valence-electron chi connectivity index (χ2n) is 6.28. The second-order valence-corrected chi connectivity index (χ2v) is 9.15. The number of nitrogens with one attached hydrogen (secondary N) is 2. The minimum absolute atomic E-state index is 0.123. The van der Waals surface area contributed by atoms with Gasteiger partial charge in [-0.25, -0.2) is 8.42 Å². The van der Waals surface area contributed by atoms with Crippen molar-refractivity contribution in [2.45, 2.75) is 18.2 Å². The predicted molar refractivity (Wildman–Crippen MR) is 106 cm³/mol. The number of rotatable bonds is 5. The molecule has 1 aromatic heterocycles. The molecule has 136 valence electrons. The number of hydrogen-bond donors (Lipinski definition) is 2. The normalized spacial score (nSPS) is 11.7. The van der Waals surface area contributed by atoms with Crippen molar-refractivity contribution in [3.05, 3.63) is 63.8 Å². The van der Waals surface area contributed by atoms with Gasteiger partial charge in [-0.1, -0.05) is 12.1 Å². The van der Waals surface area contributed by atoms with Crippen molar-refractivity contribution in [2.75, 3.05) is 12.8 Å². The van der Waals surface area contributed by atoms with Crippen molar-refractivity contribution < 1.29 is 13.2 Å². The lowest BCUT2D eigenvalue weighted by Crippen LogP contribution is -2.26. The number of aromatic nitrogens is 1. The first-order valence-corrected chi connectivity index (χ1v) is 10.8. The van der Waals surface area contributed by atoms with Crippen LogP contribution < -0.4 is 5.32 Å². The van der Waals surface area contributed by atoms with E-state index in [1.54, 1.807) is 6.07 Å². The molecular formula is C19H19BrN2O3S. The highest BCUT2D eigenvalue weighted by Gasteiger charge is 2.15. The number of carbonyl (C=O) groups excluding carboxylic acids is 1. The van der Waals surface area contributed by atoms with Gasteiger partial charge < -0.3 is 10.3 Å². The van der Waals surface area contributed by atoms with E-state index in [1.807, 2.05) is 13.1 Å². The molecule has 1 amide bonds. The van der Waals surface area contributed by atoms with E-state index in [-0.39, 0.29) is 10.8 Å². The SMILES string of the molecule is Cc1ccc2c(CCNC(=O)c3cc(S(C)(=O)=O)ccc3Br)c[nH]c2c1. The van der Waals surface area contributed by atoms with Crippen LogP contribution >= 0.6 is 15.9 Å². The summed E-state index contributed by atoms with van der Waals surface area (Å²) in [6, 6.07) is 10.7. The summed E-state index contributed by atoms with van der Waals surface area (Å²) in [5.41, 5.74) is 3.71. The fourth-order valence-electron chi connectivity index (χ4n) is 2.82. The average molecular weight is 435 g/mol. The Morgan fingerprint density at radius 3 is 2.69 bits per heavy atom. The summed E-state index contributed by atoms with van der Waals surface area (Å²) in [6.45, 7) is 2.50. The van der Waals surface area contributed by atoms with E-state index in [4.69, 9.17) is 0 Å². The maximum Gasteiger partial charge on any atom is 0.252 e. The highest BCUT2D eigenvalue weighted by atomic mass is 79.9. The van der Waals surface area contributed by atoms with Gasteiger partial charge in [-0.2, -0.15) is 0 Å². The van der Waals surface area contributed by atoms with Crippen molar-refractivity contribution in [1.82, 2.24) is 10.3 Å². The molecule has 0 radical (unpaired) electrons. The molecule has 0 aliphatic heterocycles. The third kappa shape index (κ3) is 3.99. The molecule has 0 aliphatic carbocycles. The smallest absolute Gasteiger partial charge is 0.252 e. The van der Waals surface area contributed by atoms with Crippen molar-refractivity contribution in [1.29, 1.82) is 0 Å². The van der Waals surface area contributed by atoms with Crippen LogP contribution in [0.15, 0.2) is 52.0 Å². The minimum Gasteiger partial charge on any atom is -0.361 e. The van der Waals surface area contributed by atoms with Crippen LogP contribution in [-0.2, 0) is 16.3 Å². The van der Waals surface area contributed by atoms with Crippen LogP contribution in [0, 0.1) is 6.92 Å². The Morgan fingerprint density at radius 2 is 1.96 bits per heavy atom. The number of carbonyl (C=O) groups is 1. The average Bonchev–Trinajstić information content (AvgIpc) is 2.96. The number of aryl methyl sites for hydroxylation is 1. The number of sulfone groups is 1. The maximum absolute atomic E-state index is 12.4. The monoisotopic (exact) mass is 434 g/mol. The first-order chi connectivity index (χ1) is 12.3. The Bertz CT molecular complexity index is 1090. The standard InChI is InChI=1S/C19H19BrN2O3S/c1-12-3-5-15-13(11-22-18(15)9-12)7-8-21-19(23)16-10-14(26(2,24)25)4-6-17(16)20/h3-6,9-11,22H,7-8H2,1-2H3,(H,21,23). The number of hydrogen-bond acceptors (Lipinski definition) is 3. The summed E-state index contributed by atoms with van der Waals surface area (Å²) >= 11 is 3.31. The lowest BCUT2D eigenvalue weighted by atomic mass is 10.1. The van der Waals surface area contributed by atoms with Crippen LogP contribution in [0.1, 0.15) is 21.5 Å². The molecule has 7 heteroatoms. The molecule has 2 aromatic carbocycles. The second kappa shape index (κ2) is 7.25. The van der Waals surface area contributed by atoms with Crippen LogP contribution in [-0.4, -0.2) is 32.1 Å². The van der Waals surface area contributed by atoms with Gasteiger partial charge in [0.2, 0.25) is 0 Å². The third-order valence-corrected chi connectivity index (χ3v) is 6.02. The van der Waals surface area contributed by atoms with Gasteiger partial charge in [-0.05, 0) is 64.7 Å². The molecule has 0 bridgehead atoms. The van der Waals surface area contributed by atoms with Gasteiger partial charge in [0, 0.05) is 34.4 Å². The zero-order valence-electron chi connectivity index (χ0n) is 14.5. The Balaban J connectivity index is 1.71. The van der Waals surface area contributed by atoms with Crippen molar-refractivity contribution in [2.24, 2.45) is 0 Å². The minimum atomic E-state index is -3.36. The molecule has 0 unspecified atom stereocenters. The highest BCUT2D eigenvalue weighted by Crippen LogP contribution is 2.22. The van der Waals surface area contributed by atoms with Crippen molar-refractivity contribution in [3.63, 3.8) is 0 Å². The number of H-pyrrole nitrogens is 1. The largest absolute Gasteiger partial charge is 0.361 e. The molecule has 0 saturated carbocycles. The molecule has 3 aromatic rings. The van der Waals surface area contributed by atoms with E-state index in [2.05, 4.69) is 44.4 Å². The van der Waals surface area contributed by atoms with E-state index >= 15 is 0 Å². The number of amides is 1. The zero-order chi connectivity index (χ0) is 18.9. The molecule has 3 rings (SSSR count). The number of fused-ring (bicyclic) bond motifs is 1. The molecule has 26 heavy (non-hydrogen) atoms. The predicted octanol–water partition coefficient (Wildman–Crippen LogP) is 3.61. The number of halogens is 1. The Hall–Kier alpha value is -2.12. The topological polar surface area (TPSA) is 79.0 Å². The van der Waals surface area contributed by atoms with Crippen LogP contribution in [0.4, 0.5) is 0 Å². The first kappa shape index (κ1) is 18.7. The number of benzene rings is 2. The quantitative estimate of drug-likeness (QED) is 0.643. The Morgan fingerprint density at radius 1 is 1.19 bits per heavy atom. The Labute approximate surface area is 160 Å². The molecular weight excluding hydrogens is 416 g/mol. The van der Waals surface area contributed by atoms with Gasteiger partial charge in [0.1, 0.15) is 0 Å². The molecule has 0 spiro atoms. The summed E-state index contributed by atoms with van der Waals surface area (Å²) in [4.78, 5) is 15.8. The summed E-state index contributed by atoms with van der Waals surface area (Å²) in [5.74, 6) is -0.307. The fraction of sp³-hybridized carbons (Fsp3) is 0.211. The fourth-order valence-corrected chi connectivity index (χ4v) is 3.90. The summed E-state index contributed by atoms with van der Waals surface area (Å²) in [7, 11) is -3.36. The van der Waals surface area contributed by atoms with Gasteiger partial charge in [0.05, 0.1) is 10.5 Å². The maximum atomic E-state index is 12.4. The summed E-state index contributed by atoms with van der Waals surface area (Å²) in [5, 5.41) is 4.00. The number of aromatic amines is 1. The molecule has 0 fully saturated rings. The summed E-state index contributed by atoms with van der Waals surface area (Å²) in [6.07, 6.45) is 3.76. The van der Waals surface area contributed by atoms with Crippen molar-refractivity contribution >= 4 is 42.6 Å². The van der Waals surface area contributed by atoms with E-state index < -0.39 is 9.84 Å². The van der Waals surface area contributed by atoms with Gasteiger partial charge in [-0.3, -0.25) is 4.79 Å². The molecule has 5 nitrogen and oxygen atoms in total. The molecule has 1 heterocycles. The lowest BCUT2D eigenvalue weighted by molar-refractivity contribution is 0.0953. The zero-order valence-corrected chi connectivity index (χ0v) is 16.9. The molecule has 0 saturated heterocycles. The van der Waals surface area contributed by atoms with Crippen LogP contribution in [0.5, 0.6) is 0 Å². The van der Waals surface area contributed by atoms with E-state index in [0.717, 1.165) is 22.7 Å². The molecule has 2 N–H and O–H groups in total. The molecule has 0 atom stereocenters. The van der Waals surface area contributed by atoms with Gasteiger partial charge in [0.15, 0.2) is 9.84 Å². The first-order valence-electron chi connectivity index (χ1n) is 8.10. The van der Waals surface area contributed by atoms with Gasteiger partial charge >= 0.3 is 0 Å². The van der Waals surface area contributed by atoms with Crippen LogP contribution in [0.25, 0.3) is 10.9 Å². The van der Waals surface area contributed by atoms with Crippen LogP contribution in [0.2, 0.25) is 0 Å². The van der Waals surface area contributed by atoms with Gasteiger partial charge in [-0.15, -0.1) is 0 Å². The van der Waals surface area contributed by atoms with E-state index in [9.17, 15) is 13.2 Å². The van der Waals surface area contributed by atoms with E-state index in [1.165, 1.54) is 17.7 Å². The molecule has 0 aliphatic rings. The summed E-state index contributed by atoms with van der Waals surface area (Å²) < 4.78 is 23.9. The highest BCUT2D eigenvalue weighted by molar-refractivity contribution is 9.10. The lowest BCUT2D eigenvalue weighted by Gasteiger charge is -2.08. The van der Waals surface area contributed by atoms with Crippen molar-refractivity contribution in [3.8, 4) is 0 Å². The van der Waals surface area contributed by atoms with Gasteiger partial charge in [0.25, 0.3) is 5.91 Å². The van der Waals surface area contributed by atoms with E-state index in [0.29, 0.717) is 23.0 Å². The van der Waals surface area contributed by atoms with Crippen LogP contribution in [0.3, 0.4) is 0 Å². The Kier molecular flexibility index (Phi) is 5.20. The third-order valence-electron chi connectivity index (χ3n) is 4.21.